The van der Waals surface area contributed by atoms with Crippen molar-refractivity contribution in [1.29, 1.82) is 0 Å². The molecule has 0 bridgehead atoms. The highest BCUT2D eigenvalue weighted by molar-refractivity contribution is 5.96. The zero-order valence-corrected chi connectivity index (χ0v) is 27.5. The predicted octanol–water partition coefficient (Wildman–Crippen LogP) is 7.79. The van der Waals surface area contributed by atoms with Crippen molar-refractivity contribution in [2.75, 3.05) is 32.8 Å². The highest BCUT2D eigenvalue weighted by atomic mass is 16.6. The number of hydrogen-bond donors (Lipinski definition) is 1. The summed E-state index contributed by atoms with van der Waals surface area (Å²) in [4.78, 5) is 22.7. The summed E-state index contributed by atoms with van der Waals surface area (Å²) in [5.41, 5.74) is 3.20. The molecule has 6 rings (SSSR count). The molecule has 0 spiro atoms. The maximum Gasteiger partial charge on any atom is 0.435 e. The molecule has 6 aromatic rings. The Hall–Kier alpha value is -5.68. The number of rotatable bonds is 11. The quantitative estimate of drug-likeness (QED) is 0.140. The van der Waals surface area contributed by atoms with Crippen LogP contribution in [0.25, 0.3) is 33.2 Å². The Kier molecular flexibility index (Phi) is 9.40. The highest BCUT2D eigenvalue weighted by Crippen LogP contribution is 2.37. The lowest BCUT2D eigenvalue weighted by Crippen LogP contribution is -2.27. The number of hydrogen-bond acceptors (Lipinski definition) is 10. The third kappa shape index (κ3) is 7.48. The van der Waals surface area contributed by atoms with Crippen LogP contribution in [-0.2, 0) is 16.1 Å². The standard InChI is InChI=1S/C37H37N5O6/c1-37(2,3)48-36(43)42-31-15-14-27(18-26(31)22-38-42)39-35-29-20-33(46-17-16-44-4)32(45-5)21-30(29)40-34(41-35)25-12-9-13-28(19-25)47-23-24-10-7-6-8-11-24/h6-15,18-22H,16-17,23H2,1-5H3,(H,39,40,41). The van der Waals surface area contributed by atoms with E-state index in [4.69, 9.17) is 33.7 Å². The number of carbonyl (C=O) groups excluding carboxylic acids is 1. The Morgan fingerprint density at radius 2 is 1.69 bits per heavy atom. The van der Waals surface area contributed by atoms with Crippen LogP contribution in [0.3, 0.4) is 0 Å². The van der Waals surface area contributed by atoms with Crippen LogP contribution in [0.5, 0.6) is 17.2 Å². The molecule has 48 heavy (non-hydrogen) atoms. The number of ether oxygens (including phenoxy) is 5. The van der Waals surface area contributed by atoms with Gasteiger partial charge in [-0.1, -0.05) is 42.5 Å². The van der Waals surface area contributed by atoms with E-state index in [2.05, 4.69) is 10.4 Å². The second-order valence-electron chi connectivity index (χ2n) is 12.0. The second kappa shape index (κ2) is 14.0. The third-order valence-corrected chi connectivity index (χ3v) is 7.26. The van der Waals surface area contributed by atoms with Gasteiger partial charge in [0.1, 0.15) is 30.4 Å². The average Bonchev–Trinajstić information content (AvgIpc) is 3.51. The van der Waals surface area contributed by atoms with Crippen LogP contribution in [0, 0.1) is 0 Å². The van der Waals surface area contributed by atoms with Crippen molar-refractivity contribution in [1.82, 2.24) is 19.7 Å². The molecular formula is C37H37N5O6. The Balaban J connectivity index is 1.38. The smallest absolute Gasteiger partial charge is 0.435 e. The van der Waals surface area contributed by atoms with Crippen LogP contribution in [0.4, 0.5) is 16.3 Å². The summed E-state index contributed by atoms with van der Waals surface area (Å²) in [6.07, 6.45) is 1.08. The maximum absolute atomic E-state index is 12.8. The summed E-state index contributed by atoms with van der Waals surface area (Å²) in [7, 11) is 3.21. The second-order valence-corrected chi connectivity index (χ2v) is 12.0. The molecule has 246 valence electrons. The lowest BCUT2D eigenvalue weighted by Gasteiger charge is -2.19. The summed E-state index contributed by atoms with van der Waals surface area (Å²) in [5.74, 6) is 2.80. The van der Waals surface area contributed by atoms with Crippen LogP contribution in [0.1, 0.15) is 26.3 Å². The van der Waals surface area contributed by atoms with Crippen molar-refractivity contribution in [2.45, 2.75) is 33.0 Å². The zero-order chi connectivity index (χ0) is 33.7. The first-order valence-electron chi connectivity index (χ1n) is 15.5. The zero-order valence-electron chi connectivity index (χ0n) is 27.5. The van der Waals surface area contributed by atoms with E-state index in [9.17, 15) is 4.79 Å². The van der Waals surface area contributed by atoms with Gasteiger partial charge in [-0.15, -0.1) is 0 Å². The number of nitrogens with zero attached hydrogens (tertiary/aromatic N) is 4. The fourth-order valence-electron chi connectivity index (χ4n) is 5.03. The SMILES string of the molecule is COCCOc1cc2c(Nc3ccc4c(cnn4C(=O)OC(C)(C)C)c3)nc(-c3cccc(OCc4ccccc4)c3)nc2cc1OC. The third-order valence-electron chi connectivity index (χ3n) is 7.26. The molecule has 0 unspecified atom stereocenters. The first-order valence-corrected chi connectivity index (χ1v) is 15.5. The number of aromatic nitrogens is 4. The number of nitrogens with one attached hydrogen (secondary N) is 1. The molecule has 0 aliphatic rings. The van der Waals surface area contributed by atoms with Crippen molar-refractivity contribution in [3.8, 4) is 28.6 Å². The van der Waals surface area contributed by atoms with Crippen LogP contribution in [0.2, 0.25) is 0 Å². The van der Waals surface area contributed by atoms with Crippen LogP contribution >= 0.6 is 0 Å². The fourth-order valence-corrected chi connectivity index (χ4v) is 5.03. The lowest BCUT2D eigenvalue weighted by atomic mass is 10.1. The Bertz CT molecular complexity index is 2060. The van der Waals surface area contributed by atoms with Gasteiger partial charge >= 0.3 is 6.09 Å². The Morgan fingerprint density at radius 1 is 0.854 bits per heavy atom. The molecule has 4 aromatic carbocycles. The first-order chi connectivity index (χ1) is 23.2. The molecule has 0 saturated heterocycles. The maximum atomic E-state index is 12.8. The topological polar surface area (TPSA) is 119 Å². The van der Waals surface area contributed by atoms with Crippen molar-refractivity contribution in [3.05, 3.63) is 96.7 Å². The summed E-state index contributed by atoms with van der Waals surface area (Å²) in [6.45, 7) is 6.64. The van der Waals surface area contributed by atoms with E-state index >= 15 is 0 Å². The Labute approximate surface area is 278 Å². The fraction of sp³-hybridized carbons (Fsp3) is 0.243. The molecule has 0 saturated carbocycles. The van der Waals surface area contributed by atoms with Gasteiger partial charge in [-0.25, -0.2) is 14.8 Å². The predicted molar refractivity (Wildman–Crippen MR) is 184 cm³/mol. The minimum Gasteiger partial charge on any atom is -0.493 e. The van der Waals surface area contributed by atoms with E-state index in [1.165, 1.54) is 4.68 Å². The normalized spacial score (nSPS) is 11.4. The van der Waals surface area contributed by atoms with E-state index in [1.807, 2.05) is 106 Å². The number of carbonyl (C=O) groups is 1. The summed E-state index contributed by atoms with van der Waals surface area (Å²) in [5, 5.41) is 9.20. The van der Waals surface area contributed by atoms with E-state index in [0.717, 1.165) is 22.2 Å². The summed E-state index contributed by atoms with van der Waals surface area (Å²) in [6, 6.07) is 26.9. The largest absolute Gasteiger partial charge is 0.493 e. The number of fused-ring (bicyclic) bond motifs is 2. The number of benzene rings is 4. The Morgan fingerprint density at radius 3 is 2.46 bits per heavy atom. The van der Waals surface area contributed by atoms with E-state index in [0.29, 0.717) is 65.1 Å². The van der Waals surface area contributed by atoms with Gasteiger partial charge < -0.3 is 29.0 Å². The van der Waals surface area contributed by atoms with Gasteiger partial charge in [0.15, 0.2) is 17.3 Å². The summed E-state index contributed by atoms with van der Waals surface area (Å²) < 4.78 is 29.7. The first kappa shape index (κ1) is 32.3. The van der Waals surface area contributed by atoms with Gasteiger partial charge in [-0.05, 0) is 62.7 Å². The van der Waals surface area contributed by atoms with Gasteiger partial charge in [-0.3, -0.25) is 0 Å². The van der Waals surface area contributed by atoms with E-state index in [-0.39, 0.29) is 0 Å². The number of anilines is 2. The van der Waals surface area contributed by atoms with Gasteiger partial charge in [0.2, 0.25) is 0 Å². The van der Waals surface area contributed by atoms with E-state index in [1.54, 1.807) is 20.4 Å². The molecule has 11 nitrogen and oxygen atoms in total. The molecule has 0 atom stereocenters. The highest BCUT2D eigenvalue weighted by Gasteiger charge is 2.21. The average molecular weight is 648 g/mol. The van der Waals surface area contributed by atoms with Gasteiger partial charge in [0.25, 0.3) is 0 Å². The van der Waals surface area contributed by atoms with Gasteiger partial charge in [0, 0.05) is 35.2 Å². The van der Waals surface area contributed by atoms with Gasteiger partial charge in [-0.2, -0.15) is 9.78 Å². The molecule has 0 aliphatic carbocycles. The molecule has 2 heterocycles. The number of methoxy groups -OCH3 is 2. The van der Waals surface area contributed by atoms with E-state index < -0.39 is 11.7 Å². The van der Waals surface area contributed by atoms with Crippen molar-refractivity contribution < 1.29 is 28.5 Å². The van der Waals surface area contributed by atoms with Crippen LogP contribution in [0.15, 0.2) is 91.1 Å². The lowest BCUT2D eigenvalue weighted by molar-refractivity contribution is 0.0522. The van der Waals surface area contributed by atoms with Crippen molar-refractivity contribution in [2.24, 2.45) is 0 Å². The molecule has 0 radical (unpaired) electrons. The molecule has 0 aliphatic heterocycles. The monoisotopic (exact) mass is 647 g/mol. The minimum absolute atomic E-state index is 0.341. The van der Waals surface area contributed by atoms with Crippen molar-refractivity contribution in [3.63, 3.8) is 0 Å². The van der Waals surface area contributed by atoms with Gasteiger partial charge in [0.05, 0.1) is 30.9 Å². The minimum atomic E-state index is -0.648. The molecule has 0 fully saturated rings. The molecule has 11 heteroatoms. The molecule has 1 N–H and O–H groups in total. The van der Waals surface area contributed by atoms with Crippen LogP contribution in [-0.4, -0.2) is 58.9 Å². The van der Waals surface area contributed by atoms with Crippen LogP contribution < -0.4 is 19.5 Å². The summed E-state index contributed by atoms with van der Waals surface area (Å²) >= 11 is 0. The molecule has 0 amide bonds. The molecular weight excluding hydrogens is 610 g/mol. The molecule has 2 aromatic heterocycles. The van der Waals surface area contributed by atoms with Crippen molar-refractivity contribution >= 4 is 39.4 Å².